The van der Waals surface area contributed by atoms with Crippen LogP contribution < -0.4 is 16.0 Å². The third-order valence-electron chi connectivity index (χ3n) is 2.52. The Bertz CT molecular complexity index is 328. The summed E-state index contributed by atoms with van der Waals surface area (Å²) in [6, 6.07) is -0.854. The Morgan fingerprint density at radius 3 is 2.39 bits per heavy atom. The number of nitrogens with one attached hydrogen (secondary N) is 3. The molecule has 4 N–H and O–H groups in total. The highest BCUT2D eigenvalue weighted by molar-refractivity contribution is 5.81. The van der Waals surface area contributed by atoms with Gasteiger partial charge in [0.1, 0.15) is 0 Å². The molecule has 0 spiro atoms. The number of rotatable bonds is 7. The molecule has 0 aromatic rings. The average Bonchev–Trinajstić information content (AvgIpc) is 3.06. The fourth-order valence-corrected chi connectivity index (χ4v) is 1.44. The summed E-state index contributed by atoms with van der Waals surface area (Å²) >= 11 is 0. The topological polar surface area (TPSA) is 108 Å². The van der Waals surface area contributed by atoms with E-state index in [9.17, 15) is 14.4 Å². The molecule has 0 saturated heterocycles. The van der Waals surface area contributed by atoms with Crippen LogP contribution in [0.4, 0.5) is 4.79 Å². The largest absolute Gasteiger partial charge is 0.481 e. The van der Waals surface area contributed by atoms with Gasteiger partial charge in [-0.15, -0.1) is 0 Å². The first-order valence-electron chi connectivity index (χ1n) is 6.03. The van der Waals surface area contributed by atoms with Crippen LogP contribution in [-0.4, -0.2) is 42.1 Å². The first kappa shape index (κ1) is 14.3. The van der Waals surface area contributed by atoms with E-state index < -0.39 is 18.0 Å². The standard InChI is InChI=1S/C11H19N3O4/c1-7(6-9(15)16)14-11(18)13-5-4-12-10(17)8-2-3-8/h7-8H,2-6H2,1H3,(H,12,17)(H,15,16)(H2,13,14,18). The van der Waals surface area contributed by atoms with Gasteiger partial charge in [-0.1, -0.05) is 0 Å². The Hall–Kier alpha value is -1.79. The Labute approximate surface area is 105 Å². The van der Waals surface area contributed by atoms with Crippen molar-refractivity contribution in [1.29, 1.82) is 0 Å². The molecule has 1 atom stereocenters. The van der Waals surface area contributed by atoms with E-state index in [-0.39, 0.29) is 18.2 Å². The molecule has 0 aromatic heterocycles. The highest BCUT2D eigenvalue weighted by Crippen LogP contribution is 2.28. The lowest BCUT2D eigenvalue weighted by Gasteiger charge is -2.12. The van der Waals surface area contributed by atoms with Crippen molar-refractivity contribution in [3.8, 4) is 0 Å². The van der Waals surface area contributed by atoms with Gasteiger partial charge >= 0.3 is 12.0 Å². The zero-order valence-electron chi connectivity index (χ0n) is 10.4. The number of carbonyl (C=O) groups is 3. The van der Waals surface area contributed by atoms with Gasteiger partial charge in [-0.3, -0.25) is 9.59 Å². The average molecular weight is 257 g/mol. The molecule has 1 fully saturated rings. The number of aliphatic carboxylic acids is 1. The van der Waals surface area contributed by atoms with Crippen LogP contribution in [0.3, 0.4) is 0 Å². The van der Waals surface area contributed by atoms with Gasteiger partial charge in [-0.25, -0.2) is 4.79 Å². The fourth-order valence-electron chi connectivity index (χ4n) is 1.44. The summed E-state index contributed by atoms with van der Waals surface area (Å²) in [5.41, 5.74) is 0. The quantitative estimate of drug-likeness (QED) is 0.468. The number of amides is 3. The van der Waals surface area contributed by atoms with Gasteiger partial charge in [0.25, 0.3) is 0 Å². The lowest BCUT2D eigenvalue weighted by molar-refractivity contribution is -0.137. The molecule has 18 heavy (non-hydrogen) atoms. The van der Waals surface area contributed by atoms with Gasteiger partial charge in [0.05, 0.1) is 6.42 Å². The molecule has 102 valence electrons. The van der Waals surface area contributed by atoms with Crippen molar-refractivity contribution in [3.05, 3.63) is 0 Å². The van der Waals surface area contributed by atoms with Crippen molar-refractivity contribution in [2.24, 2.45) is 5.92 Å². The summed E-state index contributed by atoms with van der Waals surface area (Å²) in [6.07, 6.45) is 1.78. The Balaban J connectivity index is 2.02. The van der Waals surface area contributed by atoms with E-state index >= 15 is 0 Å². The molecule has 0 heterocycles. The van der Waals surface area contributed by atoms with E-state index in [1.165, 1.54) is 0 Å². The predicted molar refractivity (Wildman–Crippen MR) is 64.0 cm³/mol. The van der Waals surface area contributed by atoms with Gasteiger partial charge < -0.3 is 21.1 Å². The summed E-state index contributed by atoms with van der Waals surface area (Å²) in [4.78, 5) is 32.9. The van der Waals surface area contributed by atoms with Crippen molar-refractivity contribution in [1.82, 2.24) is 16.0 Å². The highest BCUT2D eigenvalue weighted by atomic mass is 16.4. The molecule has 0 aromatic carbocycles. The van der Waals surface area contributed by atoms with Crippen molar-refractivity contribution >= 4 is 17.9 Å². The third-order valence-corrected chi connectivity index (χ3v) is 2.52. The number of carboxylic acid groups (broad SMARTS) is 1. The highest BCUT2D eigenvalue weighted by Gasteiger charge is 2.28. The number of hydrogen-bond acceptors (Lipinski definition) is 3. The summed E-state index contributed by atoms with van der Waals surface area (Å²) in [6.45, 7) is 2.32. The van der Waals surface area contributed by atoms with Crippen LogP contribution in [-0.2, 0) is 9.59 Å². The predicted octanol–water partition coefficient (Wildman–Crippen LogP) is -0.325. The zero-order chi connectivity index (χ0) is 13.5. The van der Waals surface area contributed by atoms with E-state index in [4.69, 9.17) is 5.11 Å². The SMILES string of the molecule is CC(CC(=O)O)NC(=O)NCCNC(=O)C1CC1. The Kier molecular flexibility index (Phi) is 5.41. The Morgan fingerprint density at radius 2 is 1.83 bits per heavy atom. The smallest absolute Gasteiger partial charge is 0.315 e. The Morgan fingerprint density at radius 1 is 1.22 bits per heavy atom. The number of urea groups is 1. The molecule has 3 amide bonds. The van der Waals surface area contributed by atoms with Crippen LogP contribution >= 0.6 is 0 Å². The molecule has 1 rings (SSSR count). The van der Waals surface area contributed by atoms with Crippen LogP contribution in [0.2, 0.25) is 0 Å². The molecule has 0 bridgehead atoms. The maximum atomic E-state index is 11.3. The van der Waals surface area contributed by atoms with Crippen molar-refractivity contribution in [2.75, 3.05) is 13.1 Å². The second-order valence-corrected chi connectivity index (χ2v) is 4.46. The van der Waals surface area contributed by atoms with Crippen LogP contribution in [0, 0.1) is 5.92 Å². The normalized spacial score (nSPS) is 15.6. The van der Waals surface area contributed by atoms with Crippen LogP contribution in [0.25, 0.3) is 0 Å². The molecule has 1 aliphatic carbocycles. The lowest BCUT2D eigenvalue weighted by Crippen LogP contribution is -2.44. The van der Waals surface area contributed by atoms with Gasteiger partial charge in [0.15, 0.2) is 0 Å². The van der Waals surface area contributed by atoms with E-state index in [0.717, 1.165) is 12.8 Å². The number of carbonyl (C=O) groups excluding carboxylic acids is 2. The van der Waals surface area contributed by atoms with E-state index in [1.807, 2.05) is 0 Å². The molecule has 0 aliphatic heterocycles. The molecule has 0 radical (unpaired) electrons. The first-order chi connectivity index (χ1) is 8.49. The zero-order valence-corrected chi connectivity index (χ0v) is 10.4. The third kappa shape index (κ3) is 6.07. The summed E-state index contributed by atoms with van der Waals surface area (Å²) < 4.78 is 0. The molecule has 7 nitrogen and oxygen atoms in total. The first-order valence-corrected chi connectivity index (χ1v) is 6.03. The second kappa shape index (κ2) is 6.83. The van der Waals surface area contributed by atoms with Crippen LogP contribution in [0.15, 0.2) is 0 Å². The molecular weight excluding hydrogens is 238 g/mol. The second-order valence-electron chi connectivity index (χ2n) is 4.46. The van der Waals surface area contributed by atoms with E-state index in [1.54, 1.807) is 6.92 Å². The summed E-state index contributed by atoms with van der Waals surface area (Å²) in [5, 5.41) is 16.3. The van der Waals surface area contributed by atoms with Crippen molar-refractivity contribution in [3.63, 3.8) is 0 Å². The van der Waals surface area contributed by atoms with Crippen molar-refractivity contribution in [2.45, 2.75) is 32.2 Å². The molecule has 1 unspecified atom stereocenters. The molecule has 1 saturated carbocycles. The van der Waals surface area contributed by atoms with E-state index in [2.05, 4.69) is 16.0 Å². The van der Waals surface area contributed by atoms with Crippen molar-refractivity contribution < 1.29 is 19.5 Å². The van der Waals surface area contributed by atoms with Gasteiger partial charge in [-0.2, -0.15) is 0 Å². The van der Waals surface area contributed by atoms with Crippen LogP contribution in [0.5, 0.6) is 0 Å². The van der Waals surface area contributed by atoms with Gasteiger partial charge in [-0.05, 0) is 19.8 Å². The molecular formula is C11H19N3O4. The van der Waals surface area contributed by atoms with E-state index in [0.29, 0.717) is 13.1 Å². The maximum Gasteiger partial charge on any atom is 0.315 e. The maximum absolute atomic E-state index is 11.3. The number of hydrogen-bond donors (Lipinski definition) is 4. The molecule has 7 heteroatoms. The monoisotopic (exact) mass is 257 g/mol. The lowest BCUT2D eigenvalue weighted by atomic mass is 10.2. The minimum absolute atomic E-state index is 0.0384. The number of carboxylic acids is 1. The fraction of sp³-hybridized carbons (Fsp3) is 0.727. The summed E-state index contributed by atoms with van der Waals surface area (Å²) in [7, 11) is 0. The minimum Gasteiger partial charge on any atom is -0.481 e. The molecule has 1 aliphatic rings. The minimum atomic E-state index is -0.959. The summed E-state index contributed by atoms with van der Waals surface area (Å²) in [5.74, 6) is -0.759. The van der Waals surface area contributed by atoms with Gasteiger partial charge in [0.2, 0.25) is 5.91 Å². The van der Waals surface area contributed by atoms with Gasteiger partial charge in [0, 0.05) is 25.0 Å². The van der Waals surface area contributed by atoms with Crippen LogP contribution in [0.1, 0.15) is 26.2 Å².